The van der Waals surface area contributed by atoms with E-state index < -0.39 is 11.8 Å². The van der Waals surface area contributed by atoms with E-state index in [1.54, 1.807) is 0 Å². The van der Waals surface area contributed by atoms with Crippen molar-refractivity contribution >= 4 is 19.6 Å². The van der Waals surface area contributed by atoms with E-state index in [9.17, 15) is 9.59 Å². The van der Waals surface area contributed by atoms with E-state index >= 15 is 0 Å². The highest BCUT2D eigenvalue weighted by molar-refractivity contribution is 6.58. The lowest BCUT2D eigenvalue weighted by Crippen LogP contribution is -2.43. The van der Waals surface area contributed by atoms with Gasteiger partial charge in [0.25, 0.3) is 0 Å². The highest BCUT2D eigenvalue weighted by Gasteiger charge is 2.60. The molecule has 0 saturated carbocycles. The predicted molar refractivity (Wildman–Crippen MR) is 74.6 cm³/mol. The monoisotopic (exact) mass is 271 g/mol. The molecule has 1 saturated heterocycles. The molecular weight excluding hydrogens is 253 g/mol. The minimum absolute atomic E-state index is 0.0275. The average Bonchev–Trinajstić information content (AvgIpc) is 2.84. The fourth-order valence-corrected chi connectivity index (χ4v) is 3.99. The van der Waals surface area contributed by atoms with Gasteiger partial charge in [0.1, 0.15) is 0 Å². The summed E-state index contributed by atoms with van der Waals surface area (Å²) in [5.41, 5.74) is 1.79. The molecule has 102 valence electrons. The van der Waals surface area contributed by atoms with Crippen molar-refractivity contribution in [1.82, 2.24) is 4.90 Å². The fourth-order valence-electron chi connectivity index (χ4n) is 3.99. The SMILES string of the molecule is [3H]OC[C@@H]1[C@H]2c3ccccc3C(C)(C)C2C(=O)N1C([B])=O. The standard InChI is InChI=1S/C15H16BNO3/c1-15(2)9-6-4-3-5-8(9)11-10(7-18)17(14(16)20)13(19)12(11)15/h3-6,10-12,18H,7H2,1-2H3/t10-,11-,12?/m1/s1/i18T. The summed E-state index contributed by atoms with van der Waals surface area (Å²) in [6, 6.07) is 7.37. The van der Waals surface area contributed by atoms with Crippen LogP contribution < -0.4 is 0 Å². The number of imide groups is 1. The summed E-state index contributed by atoms with van der Waals surface area (Å²) in [4.78, 5) is 25.4. The van der Waals surface area contributed by atoms with E-state index in [0.717, 1.165) is 16.0 Å². The molecule has 20 heavy (non-hydrogen) atoms. The minimum atomic E-state index is -0.773. The zero-order valence-electron chi connectivity index (χ0n) is 12.5. The van der Waals surface area contributed by atoms with E-state index in [1.165, 1.54) is 0 Å². The zero-order chi connectivity index (χ0) is 15.4. The Hall–Kier alpha value is -1.62. The van der Waals surface area contributed by atoms with Crippen molar-refractivity contribution in [3.05, 3.63) is 35.4 Å². The second-order valence-corrected chi connectivity index (χ2v) is 6.09. The Balaban J connectivity index is 2.16. The number of aliphatic hydroxyl groups is 1. The first kappa shape index (κ1) is 12.2. The molecule has 0 bridgehead atoms. The molecule has 4 nitrogen and oxygen atoms in total. The molecule has 1 aromatic carbocycles. The maximum atomic E-state index is 12.7. The lowest BCUT2D eigenvalue weighted by atomic mass is 9.76. The van der Waals surface area contributed by atoms with Gasteiger partial charge < -0.3 is 5.11 Å². The molecule has 1 aromatic rings. The van der Waals surface area contributed by atoms with Crippen LogP contribution in [-0.4, -0.2) is 43.6 Å². The fraction of sp³-hybridized carbons (Fsp3) is 0.467. The predicted octanol–water partition coefficient (Wildman–Crippen LogP) is 1.17. The van der Waals surface area contributed by atoms with Crippen molar-refractivity contribution in [2.45, 2.75) is 31.2 Å². The lowest BCUT2D eigenvalue weighted by molar-refractivity contribution is -0.130. The van der Waals surface area contributed by atoms with Gasteiger partial charge in [-0.25, -0.2) is 0 Å². The quantitative estimate of drug-likeness (QED) is 0.821. The molecule has 1 unspecified atom stereocenters. The number of fused-ring (bicyclic) bond motifs is 3. The van der Waals surface area contributed by atoms with Gasteiger partial charge in [0.2, 0.25) is 15.2 Å². The van der Waals surface area contributed by atoms with Crippen molar-refractivity contribution in [1.29, 1.82) is 1.43 Å². The molecule has 0 spiro atoms. The van der Waals surface area contributed by atoms with Crippen LogP contribution >= 0.6 is 0 Å². The topological polar surface area (TPSA) is 57.6 Å². The third kappa shape index (κ3) is 1.47. The van der Waals surface area contributed by atoms with Gasteiger partial charge in [-0.3, -0.25) is 14.5 Å². The molecule has 1 heterocycles. The molecule has 1 N–H and O–H groups in total. The van der Waals surface area contributed by atoms with Crippen LogP contribution in [0.15, 0.2) is 24.3 Å². The molecule has 3 rings (SSSR count). The van der Waals surface area contributed by atoms with Gasteiger partial charge in [-0.1, -0.05) is 38.1 Å². The van der Waals surface area contributed by atoms with Crippen molar-refractivity contribution in [3.63, 3.8) is 0 Å². The molecule has 1 aliphatic carbocycles. The van der Waals surface area contributed by atoms with Gasteiger partial charge in [-0.2, -0.15) is 0 Å². The highest BCUT2D eigenvalue weighted by atomic mass is 16.3. The molecule has 2 amide bonds. The maximum absolute atomic E-state index is 12.7. The van der Waals surface area contributed by atoms with Crippen LogP contribution in [0.25, 0.3) is 0 Å². The summed E-state index contributed by atoms with van der Waals surface area (Å²) in [6.07, 6.45) is 0. The lowest BCUT2D eigenvalue weighted by Gasteiger charge is -2.27. The Bertz CT molecular complexity index is 619. The number of amides is 2. The van der Waals surface area contributed by atoms with Gasteiger partial charge in [0.05, 0.1) is 18.6 Å². The summed E-state index contributed by atoms with van der Waals surface area (Å²) < 4.78 is 7.01. The Labute approximate surface area is 120 Å². The number of aliphatic hydroxyl groups excluding tert-OH is 1. The second kappa shape index (κ2) is 4.19. The number of carbonyl (C=O) groups is 2. The van der Waals surface area contributed by atoms with Crippen LogP contribution in [0.2, 0.25) is 0 Å². The van der Waals surface area contributed by atoms with Crippen LogP contribution in [0, 0.1) is 5.92 Å². The average molecular weight is 271 g/mol. The Morgan fingerprint density at radius 3 is 2.85 bits per heavy atom. The molecule has 5 heteroatoms. The smallest absolute Gasteiger partial charge is 0.233 e. The first-order chi connectivity index (χ1) is 9.91. The molecule has 2 radical (unpaired) electrons. The number of likely N-dealkylation sites (tertiary alicyclic amines) is 1. The molecular formula is C15H16BNO3. The minimum Gasteiger partial charge on any atom is -0.394 e. The number of benzene rings is 1. The van der Waals surface area contributed by atoms with E-state index in [0.29, 0.717) is 0 Å². The van der Waals surface area contributed by atoms with Crippen LogP contribution in [0.4, 0.5) is 4.79 Å². The zero-order valence-corrected chi connectivity index (χ0v) is 11.5. The number of hydrogen-bond donors (Lipinski definition) is 1. The van der Waals surface area contributed by atoms with Crippen molar-refractivity contribution in [2.75, 3.05) is 6.61 Å². The summed E-state index contributed by atoms with van der Waals surface area (Å²) in [5, 5.41) is 4.49. The van der Waals surface area contributed by atoms with Gasteiger partial charge in [-0.05, 0) is 11.1 Å². The van der Waals surface area contributed by atoms with Crippen LogP contribution in [-0.2, 0) is 10.2 Å². The van der Waals surface area contributed by atoms with Crippen molar-refractivity contribution < 1.29 is 14.7 Å². The Morgan fingerprint density at radius 2 is 2.20 bits per heavy atom. The van der Waals surface area contributed by atoms with Gasteiger partial charge in [-0.15, -0.1) is 0 Å². The number of nitrogens with zero attached hydrogens (tertiary/aromatic N) is 1. The first-order valence-electron chi connectivity index (χ1n) is 7.12. The maximum Gasteiger partial charge on any atom is 0.233 e. The van der Waals surface area contributed by atoms with E-state index in [1.807, 2.05) is 38.1 Å². The number of rotatable bonds is 2. The van der Waals surface area contributed by atoms with Crippen molar-refractivity contribution in [3.8, 4) is 0 Å². The number of carbonyl (C=O) groups excluding carboxylic acids is 2. The third-order valence-corrected chi connectivity index (χ3v) is 4.81. The third-order valence-electron chi connectivity index (χ3n) is 4.81. The summed E-state index contributed by atoms with van der Waals surface area (Å²) in [5.74, 6) is -1.55. The normalized spacial score (nSPS) is 30.9. The van der Waals surface area contributed by atoms with E-state index in [4.69, 9.17) is 9.28 Å². The van der Waals surface area contributed by atoms with Crippen LogP contribution in [0.5, 0.6) is 0 Å². The Morgan fingerprint density at radius 1 is 1.50 bits per heavy atom. The molecule has 1 aliphatic heterocycles. The largest absolute Gasteiger partial charge is 0.394 e. The van der Waals surface area contributed by atoms with E-state index in [2.05, 4.69) is 5.11 Å². The van der Waals surface area contributed by atoms with Crippen LogP contribution in [0.3, 0.4) is 0 Å². The van der Waals surface area contributed by atoms with Gasteiger partial charge in [0.15, 0.2) is 5.81 Å². The van der Waals surface area contributed by atoms with Gasteiger partial charge >= 0.3 is 0 Å². The highest BCUT2D eigenvalue weighted by Crippen LogP contribution is 2.56. The summed E-state index contributed by atoms with van der Waals surface area (Å²) in [6.45, 7) is 4.00. The summed E-state index contributed by atoms with van der Waals surface area (Å²) in [7, 11) is 5.37. The van der Waals surface area contributed by atoms with Gasteiger partial charge in [0, 0.05) is 11.3 Å². The summed E-state index contributed by atoms with van der Waals surface area (Å²) >= 11 is 0. The van der Waals surface area contributed by atoms with E-state index in [-0.39, 0.29) is 29.8 Å². The molecule has 2 aliphatic rings. The molecule has 3 atom stereocenters. The second-order valence-electron chi connectivity index (χ2n) is 6.09. The Kier molecular flexibility index (Phi) is 2.54. The van der Waals surface area contributed by atoms with Crippen LogP contribution in [0.1, 0.15) is 30.9 Å². The first-order valence-corrected chi connectivity index (χ1v) is 6.71. The molecule has 1 fully saturated rings. The number of hydrogen-bond acceptors (Lipinski definition) is 3. The van der Waals surface area contributed by atoms with Crippen molar-refractivity contribution in [2.24, 2.45) is 5.92 Å². The molecule has 0 aromatic heterocycles.